The summed E-state index contributed by atoms with van der Waals surface area (Å²) in [6, 6.07) is 0. The van der Waals surface area contributed by atoms with Crippen LogP contribution in [-0.4, -0.2) is 55.7 Å². The Bertz CT molecular complexity index is 327. The number of aliphatic hydroxyl groups excluding tert-OH is 1. The maximum absolute atomic E-state index is 10.6. The average Bonchev–Trinajstić information content (AvgIpc) is 2.11. The lowest BCUT2D eigenvalue weighted by molar-refractivity contribution is -0.212. The zero-order chi connectivity index (χ0) is 12.5. The zero-order valence-electron chi connectivity index (χ0n) is 9.23. The van der Waals surface area contributed by atoms with Crippen LogP contribution in [0.15, 0.2) is 0 Å². The van der Waals surface area contributed by atoms with Gasteiger partial charge in [0.25, 0.3) is 0 Å². The van der Waals surface area contributed by atoms with Crippen LogP contribution in [0, 0.1) is 0 Å². The van der Waals surface area contributed by atoms with Crippen LogP contribution >= 0.6 is 0 Å². The lowest BCUT2D eigenvalue weighted by atomic mass is 9.96. The Hall–Kier alpha value is -0.250. The molecule has 1 fully saturated rings. The van der Waals surface area contributed by atoms with E-state index in [1.165, 1.54) is 7.11 Å². The molecule has 5 unspecified atom stereocenters. The third kappa shape index (κ3) is 3.12. The summed E-state index contributed by atoms with van der Waals surface area (Å²) in [6.45, 7) is 3.24. The molecule has 1 aliphatic rings. The van der Waals surface area contributed by atoms with Crippen LogP contribution in [0.1, 0.15) is 13.8 Å². The lowest BCUT2D eigenvalue weighted by Gasteiger charge is -2.40. The fraction of sp³-hybridized carbons (Fsp3) is 1.00. The summed E-state index contributed by atoms with van der Waals surface area (Å²) in [5.74, 6) is 0. The Morgan fingerprint density at radius 1 is 1.19 bits per heavy atom. The maximum Gasteiger partial charge on any atom is 0.397 e. The molecule has 0 aromatic rings. The van der Waals surface area contributed by atoms with E-state index in [-0.39, 0.29) is 0 Å². The molecule has 1 saturated heterocycles. The van der Waals surface area contributed by atoms with Crippen molar-refractivity contribution in [2.45, 2.75) is 44.4 Å². The normalized spacial score (nSPS) is 40.9. The van der Waals surface area contributed by atoms with E-state index in [9.17, 15) is 13.5 Å². The van der Waals surface area contributed by atoms with Crippen LogP contribution in [0.2, 0.25) is 0 Å². The van der Waals surface area contributed by atoms with E-state index in [2.05, 4.69) is 4.18 Å². The van der Waals surface area contributed by atoms with E-state index in [1.54, 1.807) is 13.8 Å². The molecule has 0 aromatic heterocycles. The molecule has 16 heavy (non-hydrogen) atoms. The molecule has 0 radical (unpaired) electrons. The third-order valence-electron chi connectivity index (χ3n) is 2.53. The van der Waals surface area contributed by atoms with E-state index in [1.807, 2.05) is 0 Å². The predicted octanol–water partition coefficient (Wildman–Crippen LogP) is -0.642. The highest BCUT2D eigenvalue weighted by molar-refractivity contribution is 7.80. The van der Waals surface area contributed by atoms with Crippen LogP contribution < -0.4 is 0 Å². The van der Waals surface area contributed by atoms with E-state index in [4.69, 9.17) is 14.0 Å². The van der Waals surface area contributed by atoms with Gasteiger partial charge in [0.1, 0.15) is 18.3 Å². The van der Waals surface area contributed by atoms with Crippen LogP contribution in [0.4, 0.5) is 0 Å². The molecule has 0 aliphatic carbocycles. The molecular formula is C8H16O7S. The molecule has 5 atom stereocenters. The first-order valence-electron chi connectivity index (χ1n) is 4.78. The molecule has 0 spiro atoms. The van der Waals surface area contributed by atoms with Crippen molar-refractivity contribution in [3.05, 3.63) is 0 Å². The molecule has 0 amide bonds. The van der Waals surface area contributed by atoms with Crippen molar-refractivity contribution in [3.8, 4) is 0 Å². The van der Waals surface area contributed by atoms with E-state index in [0.717, 1.165) is 0 Å². The molecule has 7 nitrogen and oxygen atoms in total. The van der Waals surface area contributed by atoms with Gasteiger partial charge in [0, 0.05) is 7.11 Å². The summed E-state index contributed by atoms with van der Waals surface area (Å²) < 4.78 is 44.4. The van der Waals surface area contributed by atoms with Gasteiger partial charge < -0.3 is 14.6 Å². The van der Waals surface area contributed by atoms with Crippen molar-refractivity contribution in [2.75, 3.05) is 7.11 Å². The largest absolute Gasteiger partial charge is 0.397 e. The van der Waals surface area contributed by atoms with Crippen LogP contribution in [0.3, 0.4) is 0 Å². The first kappa shape index (κ1) is 13.8. The Balaban J connectivity index is 2.83. The second kappa shape index (κ2) is 4.94. The van der Waals surface area contributed by atoms with Gasteiger partial charge in [0.15, 0.2) is 0 Å². The molecule has 2 N–H and O–H groups in total. The van der Waals surface area contributed by atoms with Crippen LogP contribution in [0.25, 0.3) is 0 Å². The molecule has 1 aliphatic heterocycles. The van der Waals surface area contributed by atoms with Gasteiger partial charge in [0.2, 0.25) is 0 Å². The smallest absolute Gasteiger partial charge is 0.387 e. The molecule has 1 heterocycles. The number of hydrogen-bond donors (Lipinski definition) is 2. The van der Waals surface area contributed by atoms with Crippen LogP contribution in [-0.2, 0) is 24.1 Å². The number of ether oxygens (including phenoxy) is 2. The molecule has 96 valence electrons. The zero-order valence-corrected chi connectivity index (χ0v) is 10.0. The standard InChI is InChI=1S/C8H16O7S/c1-4-7(13-3)6(9)8(5(2)14-4)15-16(10,11)12/h4-9H,1-3H3,(H,10,11,12). The molecule has 1 rings (SSSR count). The highest BCUT2D eigenvalue weighted by Crippen LogP contribution is 2.25. The van der Waals surface area contributed by atoms with Crippen molar-refractivity contribution >= 4 is 10.4 Å². The van der Waals surface area contributed by atoms with Crippen molar-refractivity contribution in [2.24, 2.45) is 0 Å². The second-order valence-electron chi connectivity index (χ2n) is 3.73. The summed E-state index contributed by atoms with van der Waals surface area (Å²) >= 11 is 0. The molecule has 0 aromatic carbocycles. The summed E-state index contributed by atoms with van der Waals surface area (Å²) in [5, 5.41) is 9.83. The first-order valence-corrected chi connectivity index (χ1v) is 6.15. The third-order valence-corrected chi connectivity index (χ3v) is 3.00. The topological polar surface area (TPSA) is 102 Å². The average molecular weight is 256 g/mol. The number of hydrogen-bond acceptors (Lipinski definition) is 6. The Morgan fingerprint density at radius 3 is 2.12 bits per heavy atom. The van der Waals surface area contributed by atoms with Crippen molar-refractivity contribution in [3.63, 3.8) is 0 Å². The second-order valence-corrected chi connectivity index (χ2v) is 4.77. The SMILES string of the molecule is COC1C(C)OC(C)C(OS(=O)(=O)O)C1O. The minimum atomic E-state index is -4.63. The quantitative estimate of drug-likeness (QED) is 0.647. The first-order chi connectivity index (χ1) is 7.26. The van der Waals surface area contributed by atoms with Crippen LogP contribution in [0.5, 0.6) is 0 Å². The molecule has 0 bridgehead atoms. The monoisotopic (exact) mass is 256 g/mol. The number of rotatable bonds is 3. The van der Waals surface area contributed by atoms with Gasteiger partial charge in [0.05, 0.1) is 12.2 Å². The minimum Gasteiger partial charge on any atom is -0.387 e. The lowest BCUT2D eigenvalue weighted by Crippen LogP contribution is -2.57. The fourth-order valence-electron chi connectivity index (χ4n) is 1.84. The highest BCUT2D eigenvalue weighted by atomic mass is 32.3. The summed E-state index contributed by atoms with van der Waals surface area (Å²) in [7, 11) is -3.26. The van der Waals surface area contributed by atoms with E-state index in [0.29, 0.717) is 0 Å². The minimum absolute atomic E-state index is 0.392. The Labute approximate surface area is 94.3 Å². The van der Waals surface area contributed by atoms with E-state index < -0.39 is 40.9 Å². The van der Waals surface area contributed by atoms with Gasteiger partial charge in [-0.25, -0.2) is 4.18 Å². The van der Waals surface area contributed by atoms with Crippen molar-refractivity contribution in [1.82, 2.24) is 0 Å². The summed E-state index contributed by atoms with van der Waals surface area (Å²) in [6.07, 6.45) is -4.14. The molecule has 8 heteroatoms. The van der Waals surface area contributed by atoms with Gasteiger partial charge >= 0.3 is 10.4 Å². The van der Waals surface area contributed by atoms with Crippen molar-refractivity contribution in [1.29, 1.82) is 0 Å². The Morgan fingerprint density at radius 2 is 1.69 bits per heavy atom. The Kier molecular flexibility index (Phi) is 4.27. The fourth-order valence-corrected chi connectivity index (χ4v) is 2.39. The molecule has 0 saturated carbocycles. The molecular weight excluding hydrogens is 240 g/mol. The maximum atomic E-state index is 10.6. The van der Waals surface area contributed by atoms with E-state index >= 15 is 0 Å². The summed E-state index contributed by atoms with van der Waals surface area (Å²) in [5.41, 5.74) is 0. The number of aliphatic hydroxyl groups is 1. The van der Waals surface area contributed by atoms with Gasteiger partial charge in [-0.1, -0.05) is 0 Å². The summed E-state index contributed by atoms with van der Waals surface area (Å²) in [4.78, 5) is 0. The van der Waals surface area contributed by atoms with Gasteiger partial charge in [-0.05, 0) is 13.8 Å². The van der Waals surface area contributed by atoms with Gasteiger partial charge in [-0.3, -0.25) is 4.55 Å². The van der Waals surface area contributed by atoms with Gasteiger partial charge in [-0.2, -0.15) is 8.42 Å². The predicted molar refractivity (Wildman–Crippen MR) is 53.2 cm³/mol. The number of methoxy groups -OCH3 is 1. The van der Waals surface area contributed by atoms with Crippen molar-refractivity contribution < 1.29 is 31.7 Å². The van der Waals surface area contributed by atoms with Gasteiger partial charge in [-0.15, -0.1) is 0 Å². The highest BCUT2D eigenvalue weighted by Gasteiger charge is 2.44.